The summed E-state index contributed by atoms with van der Waals surface area (Å²) < 4.78 is 0. The van der Waals surface area contributed by atoms with Gasteiger partial charge in [-0.3, -0.25) is 10.1 Å². The van der Waals surface area contributed by atoms with E-state index < -0.39 is 4.92 Å². The highest BCUT2D eigenvalue weighted by atomic mass is 16.6. The summed E-state index contributed by atoms with van der Waals surface area (Å²) in [6, 6.07) is 5.16. The summed E-state index contributed by atoms with van der Waals surface area (Å²) in [6.07, 6.45) is 1.24. The highest BCUT2D eigenvalue weighted by Crippen LogP contribution is 2.29. The van der Waals surface area contributed by atoms with E-state index in [0.29, 0.717) is 24.6 Å². The van der Waals surface area contributed by atoms with Crippen molar-refractivity contribution in [3.8, 4) is 6.07 Å². The Labute approximate surface area is 124 Å². The van der Waals surface area contributed by atoms with Gasteiger partial charge >= 0.3 is 5.69 Å². The lowest BCUT2D eigenvalue weighted by molar-refractivity contribution is -0.384. The van der Waals surface area contributed by atoms with E-state index in [1.54, 1.807) is 11.0 Å². The van der Waals surface area contributed by atoms with Gasteiger partial charge in [-0.2, -0.15) is 5.26 Å². The van der Waals surface area contributed by atoms with E-state index in [-0.39, 0.29) is 11.7 Å². The van der Waals surface area contributed by atoms with Crippen LogP contribution in [0.4, 0.5) is 17.3 Å². The Bertz CT molecular complexity index is 525. The fourth-order valence-electron chi connectivity index (χ4n) is 1.93. The number of hydrogen-bond acceptors (Lipinski definition) is 6. The number of nitrogens with zero attached hydrogens (tertiary/aromatic N) is 4. The second-order valence-electron chi connectivity index (χ2n) is 4.92. The average Bonchev–Trinajstić information content (AvgIpc) is 2.45. The second kappa shape index (κ2) is 8.04. The van der Waals surface area contributed by atoms with E-state index in [4.69, 9.17) is 5.26 Å². The molecular formula is C14H21N5O2. The molecule has 0 radical (unpaired) electrons. The van der Waals surface area contributed by atoms with Crippen LogP contribution in [0.15, 0.2) is 12.1 Å². The number of hydrogen-bond donors (Lipinski definition) is 1. The van der Waals surface area contributed by atoms with E-state index in [1.165, 1.54) is 6.07 Å². The molecule has 0 aromatic carbocycles. The van der Waals surface area contributed by atoms with Gasteiger partial charge in [-0.25, -0.2) is 4.98 Å². The summed E-state index contributed by atoms with van der Waals surface area (Å²) in [5.74, 6) is 0.923. The maximum absolute atomic E-state index is 11.2. The number of nitro groups is 1. The molecule has 1 rings (SSSR count). The molecule has 0 unspecified atom stereocenters. The minimum absolute atomic E-state index is 0.0194. The first-order valence-electron chi connectivity index (χ1n) is 7.04. The van der Waals surface area contributed by atoms with Crippen LogP contribution in [0.25, 0.3) is 0 Å². The molecule has 1 aromatic heterocycles. The zero-order valence-corrected chi connectivity index (χ0v) is 12.7. The lowest BCUT2D eigenvalue weighted by Crippen LogP contribution is -2.33. The maximum Gasteiger partial charge on any atom is 0.311 e. The number of nitriles is 1. The molecule has 0 aliphatic rings. The van der Waals surface area contributed by atoms with E-state index in [2.05, 4.69) is 16.4 Å². The van der Waals surface area contributed by atoms with Gasteiger partial charge in [0.2, 0.25) is 5.82 Å². The Morgan fingerprint density at radius 2 is 2.24 bits per heavy atom. The SMILES string of the molecule is CCCNc1ccc([N+](=O)[O-])c(N(CCC#N)C(C)C)n1. The molecule has 0 fully saturated rings. The lowest BCUT2D eigenvalue weighted by Gasteiger charge is -2.26. The Morgan fingerprint density at radius 3 is 2.76 bits per heavy atom. The Balaban J connectivity index is 3.19. The van der Waals surface area contributed by atoms with Crippen LogP contribution in [-0.4, -0.2) is 29.0 Å². The Hall–Kier alpha value is -2.36. The van der Waals surface area contributed by atoms with Gasteiger partial charge in [-0.15, -0.1) is 0 Å². The van der Waals surface area contributed by atoms with Crippen LogP contribution in [0.5, 0.6) is 0 Å². The summed E-state index contributed by atoms with van der Waals surface area (Å²) in [7, 11) is 0. The van der Waals surface area contributed by atoms with Gasteiger partial charge < -0.3 is 10.2 Å². The molecule has 0 aliphatic heterocycles. The molecule has 0 amide bonds. The lowest BCUT2D eigenvalue weighted by atomic mass is 10.2. The summed E-state index contributed by atoms with van der Waals surface area (Å²) in [5, 5.41) is 23.1. The smallest absolute Gasteiger partial charge is 0.311 e. The Morgan fingerprint density at radius 1 is 1.52 bits per heavy atom. The molecule has 7 nitrogen and oxygen atoms in total. The second-order valence-corrected chi connectivity index (χ2v) is 4.92. The van der Waals surface area contributed by atoms with Crippen molar-refractivity contribution in [3.05, 3.63) is 22.2 Å². The number of pyridine rings is 1. The first kappa shape index (κ1) is 16.7. The van der Waals surface area contributed by atoms with Crippen LogP contribution < -0.4 is 10.2 Å². The fourth-order valence-corrected chi connectivity index (χ4v) is 1.93. The molecule has 0 saturated heterocycles. The van der Waals surface area contributed by atoms with Crippen molar-refractivity contribution in [1.82, 2.24) is 4.98 Å². The molecule has 114 valence electrons. The normalized spacial score (nSPS) is 10.2. The predicted molar refractivity (Wildman–Crippen MR) is 82.4 cm³/mol. The van der Waals surface area contributed by atoms with E-state index in [1.807, 2.05) is 20.8 Å². The van der Waals surface area contributed by atoms with E-state index in [9.17, 15) is 10.1 Å². The molecular weight excluding hydrogens is 270 g/mol. The van der Waals surface area contributed by atoms with Gasteiger partial charge in [0.1, 0.15) is 5.82 Å². The largest absolute Gasteiger partial charge is 0.370 e. The number of rotatable bonds is 8. The average molecular weight is 291 g/mol. The topological polar surface area (TPSA) is 95.1 Å². The molecule has 0 bridgehead atoms. The standard InChI is InChI=1S/C14H21N5O2/c1-4-9-16-13-7-6-12(19(20)21)14(17-13)18(11(2)3)10-5-8-15/h6-7,11H,4-5,9-10H2,1-3H3,(H,16,17). The molecule has 0 spiro atoms. The van der Waals surface area contributed by atoms with Gasteiger partial charge in [-0.05, 0) is 26.3 Å². The first-order valence-corrected chi connectivity index (χ1v) is 7.04. The van der Waals surface area contributed by atoms with Crippen molar-refractivity contribution in [3.63, 3.8) is 0 Å². The molecule has 21 heavy (non-hydrogen) atoms. The van der Waals surface area contributed by atoms with Gasteiger partial charge in [-0.1, -0.05) is 6.92 Å². The minimum Gasteiger partial charge on any atom is -0.370 e. The highest BCUT2D eigenvalue weighted by Gasteiger charge is 2.23. The predicted octanol–water partition coefficient (Wildman–Crippen LogP) is 2.94. The number of anilines is 2. The number of nitrogens with one attached hydrogen (secondary N) is 1. The third-order valence-electron chi connectivity index (χ3n) is 2.97. The van der Waals surface area contributed by atoms with Crippen molar-refractivity contribution in [1.29, 1.82) is 5.26 Å². The van der Waals surface area contributed by atoms with Crippen molar-refractivity contribution in [2.24, 2.45) is 0 Å². The molecule has 1 N–H and O–H groups in total. The van der Waals surface area contributed by atoms with Crippen molar-refractivity contribution < 1.29 is 4.92 Å². The third kappa shape index (κ3) is 4.60. The zero-order chi connectivity index (χ0) is 15.8. The van der Waals surface area contributed by atoms with Gasteiger partial charge in [0, 0.05) is 25.2 Å². The Kier molecular flexibility index (Phi) is 6.40. The quantitative estimate of drug-likeness (QED) is 0.584. The minimum atomic E-state index is -0.437. The third-order valence-corrected chi connectivity index (χ3v) is 2.97. The number of aromatic nitrogens is 1. The van der Waals surface area contributed by atoms with Gasteiger partial charge in [0.25, 0.3) is 0 Å². The maximum atomic E-state index is 11.2. The first-order chi connectivity index (χ1) is 10.0. The van der Waals surface area contributed by atoms with Crippen molar-refractivity contribution in [2.45, 2.75) is 39.7 Å². The van der Waals surface area contributed by atoms with E-state index in [0.717, 1.165) is 13.0 Å². The molecule has 0 saturated carbocycles. The van der Waals surface area contributed by atoms with Crippen molar-refractivity contribution in [2.75, 3.05) is 23.3 Å². The summed E-state index contributed by atoms with van der Waals surface area (Å²) in [6.45, 7) is 7.06. The van der Waals surface area contributed by atoms with Gasteiger partial charge in [0.05, 0.1) is 17.4 Å². The highest BCUT2D eigenvalue weighted by molar-refractivity contribution is 5.62. The fraction of sp³-hybridized carbons (Fsp3) is 0.571. The molecule has 0 atom stereocenters. The van der Waals surface area contributed by atoms with Crippen LogP contribution >= 0.6 is 0 Å². The summed E-state index contributed by atoms with van der Waals surface area (Å²) in [5.41, 5.74) is -0.0383. The molecule has 0 aliphatic carbocycles. The van der Waals surface area contributed by atoms with Crippen molar-refractivity contribution >= 4 is 17.3 Å². The zero-order valence-electron chi connectivity index (χ0n) is 12.7. The molecule has 7 heteroatoms. The van der Waals surface area contributed by atoms with Crippen LogP contribution in [0.1, 0.15) is 33.6 Å². The van der Waals surface area contributed by atoms with Crippen LogP contribution in [-0.2, 0) is 0 Å². The van der Waals surface area contributed by atoms with Crippen LogP contribution in [0.3, 0.4) is 0 Å². The molecule has 1 aromatic rings. The molecule has 1 heterocycles. The summed E-state index contributed by atoms with van der Waals surface area (Å²) >= 11 is 0. The van der Waals surface area contributed by atoms with Crippen LogP contribution in [0.2, 0.25) is 0 Å². The van der Waals surface area contributed by atoms with E-state index >= 15 is 0 Å². The van der Waals surface area contributed by atoms with Gasteiger partial charge in [0.15, 0.2) is 0 Å². The summed E-state index contributed by atoms with van der Waals surface area (Å²) in [4.78, 5) is 16.9. The van der Waals surface area contributed by atoms with Crippen LogP contribution in [0, 0.1) is 21.4 Å². The monoisotopic (exact) mass is 291 g/mol.